The smallest absolute Gasteiger partial charge is 0.335 e. The highest BCUT2D eigenvalue weighted by molar-refractivity contribution is 5.85. The number of para-hydroxylation sites is 2. The lowest BCUT2D eigenvalue weighted by molar-refractivity contribution is -0.137. The third kappa shape index (κ3) is 3.64. The van der Waals surface area contributed by atoms with Crippen molar-refractivity contribution in [3.05, 3.63) is 36.9 Å². The molecule has 90 valence electrons. The molecule has 1 atom stereocenters. The highest BCUT2D eigenvalue weighted by Gasteiger charge is 2.13. The highest BCUT2D eigenvalue weighted by Crippen LogP contribution is 2.24. The molecule has 5 nitrogen and oxygen atoms in total. The van der Waals surface area contributed by atoms with Crippen molar-refractivity contribution in [1.29, 1.82) is 0 Å². The Bertz CT molecular complexity index is 442. The second kappa shape index (κ2) is 5.69. The normalized spacial score (nSPS) is 11.4. The maximum Gasteiger partial charge on any atom is 0.335 e. The Kier molecular flexibility index (Phi) is 4.28. The van der Waals surface area contributed by atoms with Gasteiger partial charge in [0.1, 0.15) is 6.04 Å². The van der Waals surface area contributed by atoms with Crippen LogP contribution >= 0.6 is 0 Å². The lowest BCUT2D eigenvalue weighted by Gasteiger charge is -2.14. The largest absolute Gasteiger partial charge is 0.480 e. The standard InChI is InChI=1S/C12H13NO4/c1-3-11(14)17-10-7-5-4-6-9(10)13-8(2)12(15)16/h3-8,13H,1H2,2H3,(H,15,16). The maximum atomic E-state index is 11.1. The average molecular weight is 235 g/mol. The summed E-state index contributed by atoms with van der Waals surface area (Å²) >= 11 is 0. The van der Waals surface area contributed by atoms with Crippen LogP contribution < -0.4 is 10.1 Å². The summed E-state index contributed by atoms with van der Waals surface area (Å²) in [6.45, 7) is 4.78. The number of hydrogen-bond donors (Lipinski definition) is 2. The topological polar surface area (TPSA) is 75.6 Å². The molecule has 0 aliphatic carbocycles. The van der Waals surface area contributed by atoms with Crippen LogP contribution in [0.25, 0.3) is 0 Å². The van der Waals surface area contributed by atoms with Crippen molar-refractivity contribution < 1.29 is 19.4 Å². The summed E-state index contributed by atoms with van der Waals surface area (Å²) in [5.74, 6) is -1.32. The van der Waals surface area contributed by atoms with E-state index in [2.05, 4.69) is 11.9 Å². The van der Waals surface area contributed by atoms with Gasteiger partial charge in [-0.2, -0.15) is 0 Å². The van der Waals surface area contributed by atoms with Gasteiger partial charge in [0.25, 0.3) is 0 Å². The first-order valence-electron chi connectivity index (χ1n) is 4.97. The molecule has 1 rings (SSSR count). The van der Waals surface area contributed by atoms with Crippen LogP contribution in [0.3, 0.4) is 0 Å². The van der Waals surface area contributed by atoms with Gasteiger partial charge in [0, 0.05) is 6.08 Å². The van der Waals surface area contributed by atoms with Crippen LogP contribution in [0.4, 0.5) is 5.69 Å². The highest BCUT2D eigenvalue weighted by atomic mass is 16.5. The molecule has 0 aromatic heterocycles. The van der Waals surface area contributed by atoms with E-state index in [1.165, 1.54) is 6.92 Å². The van der Waals surface area contributed by atoms with Crippen molar-refractivity contribution in [2.75, 3.05) is 5.32 Å². The number of carbonyl (C=O) groups excluding carboxylic acids is 1. The Morgan fingerprint density at radius 1 is 1.47 bits per heavy atom. The van der Waals surface area contributed by atoms with Crippen molar-refractivity contribution in [2.24, 2.45) is 0 Å². The van der Waals surface area contributed by atoms with E-state index in [0.29, 0.717) is 5.69 Å². The summed E-state index contributed by atoms with van der Waals surface area (Å²) in [5, 5.41) is 11.5. The Morgan fingerprint density at radius 2 is 2.12 bits per heavy atom. The van der Waals surface area contributed by atoms with E-state index in [4.69, 9.17) is 9.84 Å². The summed E-state index contributed by atoms with van der Waals surface area (Å²) in [4.78, 5) is 21.8. The zero-order valence-corrected chi connectivity index (χ0v) is 9.34. The predicted molar refractivity (Wildman–Crippen MR) is 63.0 cm³/mol. The number of esters is 1. The minimum Gasteiger partial charge on any atom is -0.480 e. The number of carbonyl (C=O) groups is 2. The third-order valence-corrected chi connectivity index (χ3v) is 2.01. The van der Waals surface area contributed by atoms with Crippen molar-refractivity contribution in [3.8, 4) is 5.75 Å². The summed E-state index contributed by atoms with van der Waals surface area (Å²) < 4.78 is 4.96. The van der Waals surface area contributed by atoms with Crippen LogP contribution in [0, 0.1) is 0 Å². The molecule has 0 aliphatic rings. The van der Waals surface area contributed by atoms with Crippen molar-refractivity contribution in [2.45, 2.75) is 13.0 Å². The number of carboxylic acids is 1. The van der Waals surface area contributed by atoms with Gasteiger partial charge < -0.3 is 15.2 Å². The van der Waals surface area contributed by atoms with Gasteiger partial charge in [-0.25, -0.2) is 4.79 Å². The monoisotopic (exact) mass is 235 g/mol. The lowest BCUT2D eigenvalue weighted by atomic mass is 10.2. The third-order valence-electron chi connectivity index (χ3n) is 2.01. The number of aliphatic carboxylic acids is 1. The molecule has 0 aliphatic heterocycles. The molecule has 2 N–H and O–H groups in total. The number of ether oxygens (including phenoxy) is 1. The second-order valence-electron chi connectivity index (χ2n) is 3.33. The number of benzene rings is 1. The fraction of sp³-hybridized carbons (Fsp3) is 0.167. The fourth-order valence-corrected chi connectivity index (χ4v) is 1.12. The molecule has 17 heavy (non-hydrogen) atoms. The maximum absolute atomic E-state index is 11.1. The van der Waals surface area contributed by atoms with Crippen molar-refractivity contribution >= 4 is 17.6 Å². The molecule has 0 spiro atoms. The first kappa shape index (κ1) is 12.8. The van der Waals surface area contributed by atoms with E-state index in [-0.39, 0.29) is 5.75 Å². The van der Waals surface area contributed by atoms with Gasteiger partial charge in [-0.05, 0) is 19.1 Å². The van der Waals surface area contributed by atoms with Crippen LogP contribution in [0.5, 0.6) is 5.75 Å². The van der Waals surface area contributed by atoms with Crippen LogP contribution in [0.2, 0.25) is 0 Å². The molecule has 0 heterocycles. The molecule has 0 radical (unpaired) electrons. The second-order valence-corrected chi connectivity index (χ2v) is 3.33. The van der Waals surface area contributed by atoms with Crippen molar-refractivity contribution in [1.82, 2.24) is 0 Å². The summed E-state index contributed by atoms with van der Waals surface area (Å²) in [7, 11) is 0. The van der Waals surface area contributed by atoms with Gasteiger partial charge in [-0.1, -0.05) is 18.7 Å². The number of carboxylic acid groups (broad SMARTS) is 1. The van der Waals surface area contributed by atoms with E-state index in [1.54, 1.807) is 24.3 Å². The SMILES string of the molecule is C=CC(=O)Oc1ccccc1NC(C)C(=O)O. The zero-order valence-electron chi connectivity index (χ0n) is 9.34. The Hall–Kier alpha value is -2.30. The Balaban J connectivity index is 2.87. The number of anilines is 1. The molecule has 1 unspecified atom stereocenters. The molecule has 5 heteroatoms. The molecule has 0 saturated carbocycles. The summed E-state index contributed by atoms with van der Waals surface area (Å²) in [6, 6.07) is 5.81. The minimum absolute atomic E-state index is 0.269. The van der Waals surface area contributed by atoms with Gasteiger partial charge in [-0.3, -0.25) is 4.79 Å². The van der Waals surface area contributed by atoms with E-state index in [9.17, 15) is 9.59 Å². The van der Waals surface area contributed by atoms with Gasteiger partial charge in [0.05, 0.1) is 5.69 Å². The van der Waals surface area contributed by atoms with Crippen LogP contribution in [-0.4, -0.2) is 23.1 Å². The van der Waals surface area contributed by atoms with Gasteiger partial charge in [-0.15, -0.1) is 0 Å². The van der Waals surface area contributed by atoms with Crippen LogP contribution in [0.15, 0.2) is 36.9 Å². The lowest BCUT2D eigenvalue weighted by Crippen LogP contribution is -2.25. The molecule has 0 amide bonds. The number of nitrogens with one attached hydrogen (secondary N) is 1. The minimum atomic E-state index is -0.991. The van der Waals surface area contributed by atoms with E-state index in [0.717, 1.165) is 6.08 Å². The molecule has 0 fully saturated rings. The number of rotatable bonds is 5. The Labute approximate surface area is 98.7 Å². The van der Waals surface area contributed by atoms with E-state index < -0.39 is 18.0 Å². The van der Waals surface area contributed by atoms with Gasteiger partial charge in [0.2, 0.25) is 0 Å². The quantitative estimate of drug-likeness (QED) is 0.461. The first-order valence-corrected chi connectivity index (χ1v) is 4.97. The molecular formula is C12H13NO4. The van der Waals surface area contributed by atoms with Crippen LogP contribution in [-0.2, 0) is 9.59 Å². The predicted octanol–water partition coefficient (Wildman–Crippen LogP) is 1.66. The molecule has 0 bridgehead atoms. The van der Waals surface area contributed by atoms with E-state index in [1.807, 2.05) is 0 Å². The Morgan fingerprint density at radius 3 is 2.71 bits per heavy atom. The molecular weight excluding hydrogens is 222 g/mol. The van der Waals surface area contributed by atoms with E-state index >= 15 is 0 Å². The number of hydrogen-bond acceptors (Lipinski definition) is 4. The molecule has 1 aromatic carbocycles. The summed E-state index contributed by atoms with van der Waals surface area (Å²) in [5.41, 5.74) is 0.442. The zero-order chi connectivity index (χ0) is 12.8. The molecule has 0 saturated heterocycles. The molecule has 1 aromatic rings. The first-order chi connectivity index (χ1) is 8.04. The van der Waals surface area contributed by atoms with Gasteiger partial charge >= 0.3 is 11.9 Å². The summed E-state index contributed by atoms with van der Waals surface area (Å²) in [6.07, 6.45) is 1.04. The average Bonchev–Trinajstić information content (AvgIpc) is 2.31. The van der Waals surface area contributed by atoms with Crippen LogP contribution in [0.1, 0.15) is 6.92 Å². The fourth-order valence-electron chi connectivity index (χ4n) is 1.12. The van der Waals surface area contributed by atoms with Crippen molar-refractivity contribution in [3.63, 3.8) is 0 Å². The van der Waals surface area contributed by atoms with Gasteiger partial charge in [0.15, 0.2) is 5.75 Å².